The monoisotopic (exact) mass is 1240 g/mol. The van der Waals surface area contributed by atoms with Crippen molar-refractivity contribution in [3.05, 3.63) is 0 Å². The van der Waals surface area contributed by atoms with Crippen LogP contribution >= 0.6 is 0 Å². The highest BCUT2D eigenvalue weighted by Gasteiger charge is 2.70. The maximum atomic E-state index is 12.1. The lowest BCUT2D eigenvalue weighted by atomic mass is 9.44. The third-order valence-electron chi connectivity index (χ3n) is 22.5. The van der Waals surface area contributed by atoms with E-state index in [4.69, 9.17) is 56.8 Å². The standard InChI is InChI=1S/C57H94O29/c1-20-7-10-57(75-19-20)21(2)34-28(86-57)12-25-23-6-5-22-11-27(26(63)13-56(22,4)24(23)8-9-55(25,34)3)76-50-44(73)41(70)46(33(18-62)81-50)82-54-49(85-52-43(72)40(69)36(65)30(15-59)78-52)48(38(67)32(17-61)80-54)84-53-45(74)47(37(66)31(16-60)79-53)83-51-42(71)39(68)35(64)29(14-58)77-51/h20-54,58-74H,5-19H2,1-4H3/t20?,21-,22?,23?,24?,25?,26+,27+,28?,29?,30?,31?,32?,33?,34?,35?,36?,37?,38?,39?,40?,41?,42?,43?,44?,45?,46?,47?,48?,49?,50?,51?,52?,53?,54?,55-,56-,57+/m0/s1. The van der Waals surface area contributed by atoms with Gasteiger partial charge in [-0.3, -0.25) is 0 Å². The second kappa shape index (κ2) is 26.0. The molecule has 496 valence electrons. The van der Waals surface area contributed by atoms with Gasteiger partial charge >= 0.3 is 0 Å². The van der Waals surface area contributed by atoms with Crippen LogP contribution in [0, 0.1) is 52.3 Å². The van der Waals surface area contributed by atoms with Crippen LogP contribution in [0.1, 0.15) is 85.5 Å². The molecule has 0 aromatic heterocycles. The largest absolute Gasteiger partial charge is 0.394 e. The zero-order chi connectivity index (χ0) is 61.8. The first-order valence-electron chi connectivity index (χ1n) is 30.9. The summed E-state index contributed by atoms with van der Waals surface area (Å²) in [5.41, 5.74) is -0.144. The van der Waals surface area contributed by atoms with Crippen molar-refractivity contribution in [3.8, 4) is 0 Å². The number of aliphatic hydroxyl groups is 17. The molecule has 38 atom stereocenters. The Bertz CT molecular complexity index is 2230. The second-order valence-electron chi connectivity index (χ2n) is 27.3. The highest BCUT2D eigenvalue weighted by molar-refractivity contribution is 5.16. The Morgan fingerprint density at radius 2 is 0.930 bits per heavy atom. The van der Waals surface area contributed by atoms with Gasteiger partial charge in [-0.05, 0) is 97.7 Å². The van der Waals surface area contributed by atoms with Gasteiger partial charge in [-0.2, -0.15) is 0 Å². The SMILES string of the molecule is CC1CC[C@@]2(OC1)OC1CC3C4CCC5C[C@@H](OC6OC(CO)C(OC7OC(CO)C(O)C(OC8OC(CO)C(O)C(OC9OC(CO)C(O)C(O)C9O)C8O)C7OC7OC(CO)C(O)C(O)C7O)C(O)C6O)[C@H](O)C[C@]5(C)C4CC[C@]3(C)C1[C@@H]2C. The predicted octanol–water partition coefficient (Wildman–Crippen LogP) is -6.11. The molecule has 0 amide bonds. The Kier molecular flexibility index (Phi) is 20.0. The van der Waals surface area contributed by atoms with Gasteiger partial charge in [-0.25, -0.2) is 0 Å². The van der Waals surface area contributed by atoms with E-state index in [-0.39, 0.29) is 28.8 Å². The molecule has 86 heavy (non-hydrogen) atoms. The molecule has 0 bridgehead atoms. The van der Waals surface area contributed by atoms with Gasteiger partial charge in [0.2, 0.25) is 0 Å². The molecule has 11 aliphatic rings. The summed E-state index contributed by atoms with van der Waals surface area (Å²) < 4.78 is 73.1. The lowest BCUT2D eigenvalue weighted by Crippen LogP contribution is -2.69. The topological polar surface area (TPSA) is 455 Å². The van der Waals surface area contributed by atoms with Crippen molar-refractivity contribution in [2.24, 2.45) is 52.3 Å². The van der Waals surface area contributed by atoms with Crippen LogP contribution in [0.4, 0.5) is 0 Å². The van der Waals surface area contributed by atoms with Gasteiger partial charge < -0.3 is 144 Å². The Balaban J connectivity index is 0.794. The summed E-state index contributed by atoms with van der Waals surface area (Å²) in [5.74, 6) is 2.05. The Hall–Kier alpha value is -1.16. The molecule has 32 unspecified atom stereocenters. The third kappa shape index (κ3) is 11.5. The van der Waals surface area contributed by atoms with Gasteiger partial charge in [0.1, 0.15) is 122 Å². The number of hydrogen-bond acceptors (Lipinski definition) is 29. The van der Waals surface area contributed by atoms with Crippen molar-refractivity contribution in [1.82, 2.24) is 0 Å². The molecule has 11 fully saturated rings. The molecule has 17 N–H and O–H groups in total. The number of hydrogen-bond donors (Lipinski definition) is 17. The van der Waals surface area contributed by atoms with Crippen molar-refractivity contribution < 1.29 is 144 Å². The van der Waals surface area contributed by atoms with Crippen LogP contribution in [-0.2, 0) is 56.8 Å². The Morgan fingerprint density at radius 1 is 0.430 bits per heavy atom. The van der Waals surface area contributed by atoms with Crippen LogP contribution < -0.4 is 0 Å². The molecule has 7 saturated heterocycles. The summed E-state index contributed by atoms with van der Waals surface area (Å²) in [5, 5.41) is 187. The van der Waals surface area contributed by atoms with E-state index in [1.54, 1.807) is 0 Å². The zero-order valence-corrected chi connectivity index (χ0v) is 48.8. The Morgan fingerprint density at radius 3 is 1.51 bits per heavy atom. The van der Waals surface area contributed by atoms with Gasteiger partial charge in [0.25, 0.3) is 0 Å². The highest BCUT2D eigenvalue weighted by atomic mass is 16.8. The summed E-state index contributed by atoms with van der Waals surface area (Å²) in [4.78, 5) is 0. The van der Waals surface area contributed by atoms with E-state index in [9.17, 15) is 86.8 Å². The van der Waals surface area contributed by atoms with Crippen molar-refractivity contribution >= 4 is 0 Å². The fraction of sp³-hybridized carbons (Fsp3) is 1.00. The first-order valence-corrected chi connectivity index (χ1v) is 30.9. The van der Waals surface area contributed by atoms with E-state index in [2.05, 4.69) is 27.7 Å². The normalized spacial score (nSPS) is 57.5. The number of fused-ring (bicyclic) bond motifs is 7. The van der Waals surface area contributed by atoms with E-state index >= 15 is 0 Å². The summed E-state index contributed by atoms with van der Waals surface area (Å²) in [7, 11) is 0. The van der Waals surface area contributed by atoms with Gasteiger partial charge in [0.05, 0.1) is 58.0 Å². The quantitative estimate of drug-likeness (QED) is 0.0679. The molecule has 0 aromatic rings. The van der Waals surface area contributed by atoms with E-state index < -0.39 is 205 Å². The molecule has 4 aliphatic carbocycles. The van der Waals surface area contributed by atoms with Crippen molar-refractivity contribution in [2.45, 2.75) is 263 Å². The van der Waals surface area contributed by atoms with Gasteiger partial charge in [-0.15, -0.1) is 0 Å². The molecule has 11 rings (SSSR count). The molecule has 7 aliphatic heterocycles. The first-order chi connectivity index (χ1) is 40.9. The van der Waals surface area contributed by atoms with Crippen molar-refractivity contribution in [1.29, 1.82) is 0 Å². The van der Waals surface area contributed by atoms with Crippen LogP contribution in [0.5, 0.6) is 0 Å². The molecule has 0 radical (unpaired) electrons. The second-order valence-corrected chi connectivity index (χ2v) is 27.3. The average molecular weight is 1240 g/mol. The van der Waals surface area contributed by atoms with Crippen LogP contribution in [-0.4, -0.2) is 304 Å². The zero-order valence-electron chi connectivity index (χ0n) is 48.8. The summed E-state index contributed by atoms with van der Waals surface area (Å²) >= 11 is 0. The fourth-order valence-electron chi connectivity index (χ4n) is 17.7. The molecule has 1 spiro atoms. The van der Waals surface area contributed by atoms with Gasteiger partial charge in [0, 0.05) is 12.3 Å². The lowest BCUT2D eigenvalue weighted by molar-refractivity contribution is -0.411. The summed E-state index contributed by atoms with van der Waals surface area (Å²) in [6.45, 7) is 5.28. The van der Waals surface area contributed by atoms with Gasteiger partial charge in [-0.1, -0.05) is 27.7 Å². The van der Waals surface area contributed by atoms with Crippen LogP contribution in [0.15, 0.2) is 0 Å². The molecular weight excluding hydrogens is 1150 g/mol. The average Bonchev–Trinajstić information content (AvgIpc) is 1.49. The molecule has 29 heteroatoms. The van der Waals surface area contributed by atoms with E-state index in [1.807, 2.05) is 0 Å². The van der Waals surface area contributed by atoms with Crippen LogP contribution in [0.25, 0.3) is 0 Å². The maximum Gasteiger partial charge on any atom is 0.187 e. The van der Waals surface area contributed by atoms with E-state index in [0.29, 0.717) is 49.0 Å². The lowest BCUT2D eigenvalue weighted by Gasteiger charge is -2.62. The number of aliphatic hydroxyl groups excluding tert-OH is 17. The smallest absolute Gasteiger partial charge is 0.187 e. The first kappa shape index (κ1) is 66.3. The molecule has 29 nitrogen and oxygen atoms in total. The molecular formula is C57H94O29. The minimum absolute atomic E-state index is 0.0937. The summed E-state index contributed by atoms with van der Waals surface area (Å²) in [6.07, 6.45) is -42.1. The number of rotatable bonds is 15. The Labute approximate surface area is 497 Å². The summed E-state index contributed by atoms with van der Waals surface area (Å²) in [6, 6.07) is 0. The minimum Gasteiger partial charge on any atom is -0.394 e. The maximum absolute atomic E-state index is 12.1. The predicted molar refractivity (Wildman–Crippen MR) is 282 cm³/mol. The minimum atomic E-state index is -2.22. The fourth-order valence-corrected chi connectivity index (χ4v) is 17.7. The van der Waals surface area contributed by atoms with E-state index in [0.717, 1.165) is 44.9 Å². The van der Waals surface area contributed by atoms with Crippen LogP contribution in [0.2, 0.25) is 0 Å². The molecule has 4 saturated carbocycles. The third-order valence-corrected chi connectivity index (χ3v) is 22.5. The number of ether oxygens (including phenoxy) is 12. The van der Waals surface area contributed by atoms with Crippen molar-refractivity contribution in [2.75, 3.05) is 39.6 Å². The van der Waals surface area contributed by atoms with Gasteiger partial charge in [0.15, 0.2) is 37.2 Å². The van der Waals surface area contributed by atoms with Crippen LogP contribution in [0.3, 0.4) is 0 Å². The highest BCUT2D eigenvalue weighted by Crippen LogP contribution is 2.71. The van der Waals surface area contributed by atoms with E-state index in [1.165, 1.54) is 0 Å². The molecule has 7 heterocycles. The van der Waals surface area contributed by atoms with Crippen molar-refractivity contribution in [3.63, 3.8) is 0 Å². The molecule has 0 aromatic carbocycles.